The summed E-state index contributed by atoms with van der Waals surface area (Å²) in [7, 11) is 0. The number of rotatable bonds is 3. The van der Waals surface area contributed by atoms with Crippen molar-refractivity contribution in [2.45, 2.75) is 13.0 Å². The smallest absolute Gasteiger partial charge is 0.319 e. The quantitative estimate of drug-likeness (QED) is 0.650. The van der Waals surface area contributed by atoms with Gasteiger partial charge < -0.3 is 20.7 Å². The molecule has 2 rings (SSSR count). The maximum Gasteiger partial charge on any atom is 0.319 e. The van der Waals surface area contributed by atoms with Crippen LogP contribution < -0.4 is 10.6 Å². The summed E-state index contributed by atoms with van der Waals surface area (Å²) < 4.78 is 0. The molecule has 90 valence electrons. The molecule has 0 spiro atoms. The van der Waals surface area contributed by atoms with Crippen molar-refractivity contribution >= 4 is 22.6 Å². The Balaban J connectivity index is 2.06. The molecule has 0 bridgehead atoms. The molecular formula is C12H15N3O2. The standard InChI is InChI=1S/C12H15N3O2/c1-8(16)6-14-12(17)15-11-7-13-10-5-3-2-4-9(10)11/h2-5,7-8,13,16H,6H2,1H3,(H2,14,15,17)/t8-/m1/s1. The van der Waals surface area contributed by atoms with Crippen molar-refractivity contribution < 1.29 is 9.90 Å². The molecule has 0 unspecified atom stereocenters. The van der Waals surface area contributed by atoms with E-state index < -0.39 is 6.10 Å². The summed E-state index contributed by atoms with van der Waals surface area (Å²) in [5.74, 6) is 0. The van der Waals surface area contributed by atoms with Crippen LogP contribution >= 0.6 is 0 Å². The van der Waals surface area contributed by atoms with E-state index in [1.807, 2.05) is 24.3 Å². The van der Waals surface area contributed by atoms with Gasteiger partial charge in [-0.3, -0.25) is 0 Å². The number of nitrogens with one attached hydrogen (secondary N) is 3. The minimum absolute atomic E-state index is 0.230. The fourth-order valence-corrected chi connectivity index (χ4v) is 1.58. The molecule has 0 radical (unpaired) electrons. The SMILES string of the molecule is C[C@@H](O)CNC(=O)Nc1c[nH]c2ccccc12. The van der Waals surface area contributed by atoms with E-state index in [2.05, 4.69) is 15.6 Å². The number of anilines is 1. The number of carbonyl (C=O) groups excluding carboxylic acids is 1. The van der Waals surface area contributed by atoms with Crippen LogP contribution in [-0.4, -0.2) is 28.8 Å². The molecule has 0 aliphatic carbocycles. The van der Waals surface area contributed by atoms with Crippen molar-refractivity contribution in [1.82, 2.24) is 10.3 Å². The minimum atomic E-state index is -0.552. The topological polar surface area (TPSA) is 77.2 Å². The number of aromatic amines is 1. The molecule has 1 heterocycles. The summed E-state index contributed by atoms with van der Waals surface area (Å²) in [5, 5.41) is 15.3. The van der Waals surface area contributed by atoms with Gasteiger partial charge in [-0.15, -0.1) is 0 Å². The van der Waals surface area contributed by atoms with E-state index in [9.17, 15) is 4.79 Å². The van der Waals surface area contributed by atoms with E-state index in [0.29, 0.717) is 0 Å². The average Bonchev–Trinajstić information content (AvgIpc) is 2.70. The van der Waals surface area contributed by atoms with E-state index in [0.717, 1.165) is 16.6 Å². The molecule has 0 fully saturated rings. The first-order valence-corrected chi connectivity index (χ1v) is 5.46. The van der Waals surface area contributed by atoms with E-state index in [1.165, 1.54) is 0 Å². The molecule has 17 heavy (non-hydrogen) atoms. The molecular weight excluding hydrogens is 218 g/mol. The maximum absolute atomic E-state index is 11.5. The maximum atomic E-state index is 11.5. The van der Waals surface area contributed by atoms with Crippen LogP contribution in [0.25, 0.3) is 10.9 Å². The third-order valence-electron chi connectivity index (χ3n) is 2.40. The van der Waals surface area contributed by atoms with Gasteiger partial charge in [0.25, 0.3) is 0 Å². The summed E-state index contributed by atoms with van der Waals surface area (Å²) in [4.78, 5) is 14.6. The summed E-state index contributed by atoms with van der Waals surface area (Å²) in [6.07, 6.45) is 1.19. The fraction of sp³-hybridized carbons (Fsp3) is 0.250. The van der Waals surface area contributed by atoms with Gasteiger partial charge in [-0.05, 0) is 13.0 Å². The van der Waals surface area contributed by atoms with Crippen LogP contribution in [0.1, 0.15) is 6.92 Å². The van der Waals surface area contributed by atoms with Gasteiger partial charge >= 0.3 is 6.03 Å². The highest BCUT2D eigenvalue weighted by Gasteiger charge is 2.07. The van der Waals surface area contributed by atoms with Crippen molar-refractivity contribution in [1.29, 1.82) is 0 Å². The van der Waals surface area contributed by atoms with Crippen LogP contribution in [0.4, 0.5) is 10.5 Å². The molecule has 5 nitrogen and oxygen atoms in total. The Kier molecular flexibility index (Phi) is 3.30. The lowest BCUT2D eigenvalue weighted by molar-refractivity contribution is 0.190. The Morgan fingerprint density at radius 1 is 1.47 bits per heavy atom. The summed E-state index contributed by atoms with van der Waals surface area (Å²) in [5.41, 5.74) is 1.70. The van der Waals surface area contributed by atoms with E-state index >= 15 is 0 Å². The fourth-order valence-electron chi connectivity index (χ4n) is 1.58. The monoisotopic (exact) mass is 233 g/mol. The summed E-state index contributed by atoms with van der Waals surface area (Å²) in [6.45, 7) is 1.85. The van der Waals surface area contributed by atoms with Crippen molar-refractivity contribution in [3.63, 3.8) is 0 Å². The molecule has 2 aromatic rings. The Hall–Kier alpha value is -2.01. The molecule has 0 aliphatic heterocycles. The van der Waals surface area contributed by atoms with Gasteiger partial charge in [-0.2, -0.15) is 0 Å². The normalized spacial score (nSPS) is 12.4. The predicted molar refractivity (Wildman–Crippen MR) is 67.0 cm³/mol. The average molecular weight is 233 g/mol. The second-order valence-electron chi connectivity index (χ2n) is 3.93. The Bertz CT molecular complexity index is 519. The first-order valence-electron chi connectivity index (χ1n) is 5.46. The number of aliphatic hydroxyl groups excluding tert-OH is 1. The number of fused-ring (bicyclic) bond motifs is 1. The van der Waals surface area contributed by atoms with Gasteiger partial charge in [-0.25, -0.2) is 4.79 Å². The Labute approximate surface area is 98.8 Å². The van der Waals surface area contributed by atoms with Crippen LogP contribution in [0.5, 0.6) is 0 Å². The number of aliphatic hydroxyl groups is 1. The molecule has 1 atom stereocenters. The van der Waals surface area contributed by atoms with Crippen molar-refractivity contribution in [2.24, 2.45) is 0 Å². The van der Waals surface area contributed by atoms with E-state index in [-0.39, 0.29) is 12.6 Å². The van der Waals surface area contributed by atoms with Gasteiger partial charge in [-0.1, -0.05) is 18.2 Å². The first-order chi connectivity index (χ1) is 8.16. The lowest BCUT2D eigenvalue weighted by Crippen LogP contribution is -2.34. The van der Waals surface area contributed by atoms with E-state index in [4.69, 9.17) is 5.11 Å². The number of amides is 2. The number of H-pyrrole nitrogens is 1. The summed E-state index contributed by atoms with van der Waals surface area (Å²) in [6, 6.07) is 7.38. The van der Waals surface area contributed by atoms with Crippen LogP contribution in [0, 0.1) is 0 Å². The first kappa shape index (κ1) is 11.5. The van der Waals surface area contributed by atoms with Crippen molar-refractivity contribution in [3.8, 4) is 0 Å². The van der Waals surface area contributed by atoms with E-state index in [1.54, 1.807) is 13.1 Å². The number of aromatic nitrogens is 1. The zero-order valence-corrected chi connectivity index (χ0v) is 9.53. The molecule has 5 heteroatoms. The van der Waals surface area contributed by atoms with Gasteiger partial charge in [0.2, 0.25) is 0 Å². The molecule has 0 saturated carbocycles. The highest BCUT2D eigenvalue weighted by atomic mass is 16.3. The number of hydrogen-bond donors (Lipinski definition) is 4. The molecule has 1 aromatic carbocycles. The molecule has 0 aliphatic rings. The van der Waals surface area contributed by atoms with Crippen LogP contribution in [-0.2, 0) is 0 Å². The minimum Gasteiger partial charge on any atom is -0.392 e. The highest BCUT2D eigenvalue weighted by Crippen LogP contribution is 2.22. The van der Waals surface area contributed by atoms with Crippen LogP contribution in [0.15, 0.2) is 30.5 Å². The number of hydrogen-bond acceptors (Lipinski definition) is 2. The van der Waals surface area contributed by atoms with Gasteiger partial charge in [0.1, 0.15) is 0 Å². The lowest BCUT2D eigenvalue weighted by Gasteiger charge is -2.08. The van der Waals surface area contributed by atoms with Gasteiger partial charge in [0.15, 0.2) is 0 Å². The van der Waals surface area contributed by atoms with Gasteiger partial charge in [0.05, 0.1) is 11.8 Å². The number of para-hydroxylation sites is 1. The highest BCUT2D eigenvalue weighted by molar-refractivity contribution is 6.00. The second kappa shape index (κ2) is 4.88. The lowest BCUT2D eigenvalue weighted by atomic mass is 10.2. The third-order valence-corrected chi connectivity index (χ3v) is 2.40. The number of urea groups is 1. The van der Waals surface area contributed by atoms with Crippen molar-refractivity contribution in [3.05, 3.63) is 30.5 Å². The number of carbonyl (C=O) groups is 1. The zero-order chi connectivity index (χ0) is 12.3. The number of benzene rings is 1. The van der Waals surface area contributed by atoms with Crippen LogP contribution in [0.3, 0.4) is 0 Å². The second-order valence-corrected chi connectivity index (χ2v) is 3.93. The molecule has 1 aromatic heterocycles. The Morgan fingerprint density at radius 3 is 3.00 bits per heavy atom. The zero-order valence-electron chi connectivity index (χ0n) is 9.53. The Morgan fingerprint density at radius 2 is 2.24 bits per heavy atom. The molecule has 0 saturated heterocycles. The third kappa shape index (κ3) is 2.76. The van der Waals surface area contributed by atoms with Crippen LogP contribution in [0.2, 0.25) is 0 Å². The predicted octanol–water partition coefficient (Wildman–Crippen LogP) is 1.67. The largest absolute Gasteiger partial charge is 0.392 e. The van der Waals surface area contributed by atoms with Gasteiger partial charge in [0, 0.05) is 23.6 Å². The van der Waals surface area contributed by atoms with Crippen molar-refractivity contribution in [2.75, 3.05) is 11.9 Å². The molecule has 2 amide bonds. The molecule has 4 N–H and O–H groups in total. The summed E-state index contributed by atoms with van der Waals surface area (Å²) >= 11 is 0.